The third-order valence-corrected chi connectivity index (χ3v) is 7.04. The van der Waals surface area contributed by atoms with Crippen molar-refractivity contribution in [3.8, 4) is 5.75 Å². The minimum absolute atomic E-state index is 0.0326. The molecule has 1 aromatic heterocycles. The number of halogens is 2. The first kappa shape index (κ1) is 22.4. The van der Waals surface area contributed by atoms with Crippen LogP contribution in [-0.4, -0.2) is 28.9 Å². The molecule has 5 rings (SSSR count). The molecule has 6 nitrogen and oxygen atoms in total. The Balaban J connectivity index is 1.72. The van der Waals surface area contributed by atoms with E-state index in [0.29, 0.717) is 37.6 Å². The Bertz CT molecular complexity index is 1460. The summed E-state index contributed by atoms with van der Waals surface area (Å²) in [6, 6.07) is 17.7. The number of aromatic nitrogens is 1. The third-order valence-electron chi connectivity index (χ3n) is 5.54. The molecule has 3 aromatic carbocycles. The van der Waals surface area contributed by atoms with Crippen LogP contribution in [0.15, 0.2) is 72.3 Å². The molecule has 0 spiro atoms. The van der Waals surface area contributed by atoms with Gasteiger partial charge in [0.05, 0.1) is 28.9 Å². The highest BCUT2D eigenvalue weighted by atomic mass is 35.5. The number of aliphatic hydroxyl groups excluding tert-OH is 1. The van der Waals surface area contributed by atoms with E-state index in [1.54, 1.807) is 73.8 Å². The summed E-state index contributed by atoms with van der Waals surface area (Å²) in [6.07, 6.45) is 0. The van der Waals surface area contributed by atoms with Crippen molar-refractivity contribution in [1.29, 1.82) is 0 Å². The van der Waals surface area contributed by atoms with Gasteiger partial charge in [-0.3, -0.25) is 14.5 Å². The van der Waals surface area contributed by atoms with Gasteiger partial charge in [0.2, 0.25) is 0 Å². The molecule has 2 heterocycles. The SMILES string of the molecule is COc1ccc(C2/C(=C(\O)c3ccc(Cl)cc3)C(=O)C(=O)N2c2nc3ccc(Cl)cc3s2)cc1. The highest BCUT2D eigenvalue weighted by Crippen LogP contribution is 2.44. The molecule has 4 aromatic rings. The second-order valence-electron chi connectivity index (χ2n) is 7.56. The minimum Gasteiger partial charge on any atom is -0.507 e. The molecular weight excluding hydrogens is 495 g/mol. The Hall–Kier alpha value is -3.39. The number of aliphatic hydroxyl groups is 1. The summed E-state index contributed by atoms with van der Waals surface area (Å²) in [5, 5.41) is 12.5. The zero-order chi connectivity index (χ0) is 24.0. The van der Waals surface area contributed by atoms with Crippen molar-refractivity contribution in [2.45, 2.75) is 6.04 Å². The number of rotatable bonds is 4. The van der Waals surface area contributed by atoms with Crippen molar-refractivity contribution < 1.29 is 19.4 Å². The molecule has 9 heteroatoms. The number of methoxy groups -OCH3 is 1. The molecule has 1 fully saturated rings. The number of thiazole rings is 1. The van der Waals surface area contributed by atoms with Crippen LogP contribution in [-0.2, 0) is 9.59 Å². The van der Waals surface area contributed by atoms with Crippen molar-refractivity contribution in [3.63, 3.8) is 0 Å². The molecule has 1 atom stereocenters. The molecule has 34 heavy (non-hydrogen) atoms. The number of carbonyl (C=O) groups excluding carboxylic acids is 2. The predicted molar refractivity (Wildman–Crippen MR) is 134 cm³/mol. The lowest BCUT2D eigenvalue weighted by molar-refractivity contribution is -0.132. The topological polar surface area (TPSA) is 79.7 Å². The molecular formula is C25H16Cl2N2O4S. The van der Waals surface area contributed by atoms with E-state index in [4.69, 9.17) is 27.9 Å². The van der Waals surface area contributed by atoms with Gasteiger partial charge in [0, 0.05) is 15.6 Å². The number of nitrogens with zero attached hydrogens (tertiary/aromatic N) is 2. The lowest BCUT2D eigenvalue weighted by Crippen LogP contribution is -2.29. The second-order valence-corrected chi connectivity index (χ2v) is 9.44. The molecule has 1 unspecified atom stereocenters. The van der Waals surface area contributed by atoms with Gasteiger partial charge in [0.1, 0.15) is 11.5 Å². The highest BCUT2D eigenvalue weighted by Gasteiger charge is 2.48. The number of benzene rings is 3. The summed E-state index contributed by atoms with van der Waals surface area (Å²) in [5.41, 5.74) is 1.61. The Morgan fingerprint density at radius 2 is 1.68 bits per heavy atom. The van der Waals surface area contributed by atoms with Gasteiger partial charge in [-0.1, -0.05) is 46.7 Å². The monoisotopic (exact) mass is 510 g/mol. The van der Waals surface area contributed by atoms with Crippen LogP contribution in [0.3, 0.4) is 0 Å². The van der Waals surface area contributed by atoms with Crippen LogP contribution in [0, 0.1) is 0 Å². The number of fused-ring (bicyclic) bond motifs is 1. The van der Waals surface area contributed by atoms with Crippen LogP contribution >= 0.6 is 34.5 Å². The summed E-state index contributed by atoms with van der Waals surface area (Å²) in [5.74, 6) is -1.25. The van der Waals surface area contributed by atoms with Crippen LogP contribution in [0.25, 0.3) is 16.0 Å². The van der Waals surface area contributed by atoms with Crippen molar-refractivity contribution in [2.75, 3.05) is 12.0 Å². The highest BCUT2D eigenvalue weighted by molar-refractivity contribution is 7.22. The molecule has 170 valence electrons. The number of hydrogen-bond donors (Lipinski definition) is 1. The zero-order valence-corrected chi connectivity index (χ0v) is 20.0. The second kappa shape index (κ2) is 8.76. The average Bonchev–Trinajstić information content (AvgIpc) is 3.37. The number of amides is 1. The summed E-state index contributed by atoms with van der Waals surface area (Å²) >= 11 is 13.3. The van der Waals surface area contributed by atoms with Gasteiger partial charge in [0.15, 0.2) is 5.13 Å². The fraction of sp³-hybridized carbons (Fsp3) is 0.0800. The number of carbonyl (C=O) groups is 2. The number of Topliss-reactive ketones (excluding diaryl/α,β-unsaturated/α-hetero) is 1. The number of anilines is 1. The molecule has 1 saturated heterocycles. The van der Waals surface area contributed by atoms with E-state index >= 15 is 0 Å². The zero-order valence-electron chi connectivity index (χ0n) is 17.7. The largest absolute Gasteiger partial charge is 0.507 e. The fourth-order valence-electron chi connectivity index (χ4n) is 3.88. The van der Waals surface area contributed by atoms with Crippen LogP contribution in [0.4, 0.5) is 5.13 Å². The van der Waals surface area contributed by atoms with E-state index in [1.165, 1.54) is 16.2 Å². The maximum absolute atomic E-state index is 13.3. The van der Waals surface area contributed by atoms with Gasteiger partial charge >= 0.3 is 5.91 Å². The van der Waals surface area contributed by atoms with Crippen molar-refractivity contribution >= 4 is 67.3 Å². The number of ketones is 1. The van der Waals surface area contributed by atoms with E-state index in [9.17, 15) is 14.7 Å². The van der Waals surface area contributed by atoms with E-state index < -0.39 is 17.7 Å². The van der Waals surface area contributed by atoms with E-state index in [2.05, 4.69) is 4.98 Å². The summed E-state index contributed by atoms with van der Waals surface area (Å²) in [7, 11) is 1.55. The molecule has 0 radical (unpaired) electrons. The molecule has 0 bridgehead atoms. The molecule has 1 amide bonds. The van der Waals surface area contributed by atoms with Crippen molar-refractivity contribution in [2.24, 2.45) is 0 Å². The average molecular weight is 511 g/mol. The normalized spacial score (nSPS) is 17.5. The Labute approximate surface area is 208 Å². The van der Waals surface area contributed by atoms with Gasteiger partial charge in [-0.15, -0.1) is 0 Å². The van der Waals surface area contributed by atoms with Crippen molar-refractivity contribution in [1.82, 2.24) is 4.98 Å². The summed E-state index contributed by atoms with van der Waals surface area (Å²) < 4.78 is 6.02. The number of ether oxygens (including phenoxy) is 1. The predicted octanol–water partition coefficient (Wildman–Crippen LogP) is 6.24. The van der Waals surface area contributed by atoms with Gasteiger partial charge < -0.3 is 9.84 Å². The Morgan fingerprint density at radius 3 is 2.35 bits per heavy atom. The van der Waals surface area contributed by atoms with Crippen LogP contribution in [0.2, 0.25) is 10.0 Å². The third kappa shape index (κ3) is 3.81. The maximum atomic E-state index is 13.3. The minimum atomic E-state index is -0.891. The molecule has 1 aliphatic heterocycles. The summed E-state index contributed by atoms with van der Waals surface area (Å²) in [6.45, 7) is 0. The quantitative estimate of drug-likeness (QED) is 0.199. The smallest absolute Gasteiger partial charge is 0.301 e. The van der Waals surface area contributed by atoms with Crippen LogP contribution in [0.5, 0.6) is 5.75 Å². The lowest BCUT2D eigenvalue weighted by atomic mass is 9.95. The molecule has 0 saturated carbocycles. The van der Waals surface area contributed by atoms with Crippen LogP contribution < -0.4 is 9.64 Å². The van der Waals surface area contributed by atoms with Gasteiger partial charge in [-0.05, 0) is 60.2 Å². The molecule has 1 N–H and O–H groups in total. The molecule has 1 aliphatic rings. The first-order chi connectivity index (χ1) is 16.4. The number of hydrogen-bond acceptors (Lipinski definition) is 6. The van der Waals surface area contributed by atoms with Gasteiger partial charge in [-0.2, -0.15) is 0 Å². The van der Waals surface area contributed by atoms with E-state index in [1.807, 2.05) is 0 Å². The first-order valence-corrected chi connectivity index (χ1v) is 11.7. The fourth-order valence-corrected chi connectivity index (χ4v) is 5.28. The van der Waals surface area contributed by atoms with Crippen molar-refractivity contribution in [3.05, 3.63) is 93.5 Å². The Morgan fingerprint density at radius 1 is 1.00 bits per heavy atom. The lowest BCUT2D eigenvalue weighted by Gasteiger charge is -2.23. The van der Waals surface area contributed by atoms with Gasteiger partial charge in [0.25, 0.3) is 5.78 Å². The van der Waals surface area contributed by atoms with E-state index in [-0.39, 0.29) is 11.3 Å². The Kier molecular flexibility index (Phi) is 5.77. The van der Waals surface area contributed by atoms with Crippen LogP contribution in [0.1, 0.15) is 17.2 Å². The molecule has 0 aliphatic carbocycles. The van der Waals surface area contributed by atoms with E-state index in [0.717, 1.165) is 4.70 Å². The van der Waals surface area contributed by atoms with Gasteiger partial charge in [-0.25, -0.2) is 4.98 Å². The standard InChI is InChI=1S/C25H16Cl2N2O4S/c1-33-17-9-4-13(5-10-17)21-20(22(30)14-2-6-15(26)7-3-14)23(31)24(32)29(21)25-28-18-11-8-16(27)12-19(18)34-25/h2-12,21,30H,1H3/b22-20+. The first-order valence-electron chi connectivity index (χ1n) is 10.1. The maximum Gasteiger partial charge on any atom is 0.301 e. The summed E-state index contributed by atoms with van der Waals surface area (Å²) in [4.78, 5) is 32.4.